The van der Waals surface area contributed by atoms with Crippen LogP contribution in [0.2, 0.25) is 0 Å². The number of carbonyl (C=O) groups excluding carboxylic acids is 2. The number of hydrogen-bond acceptors (Lipinski definition) is 5. The summed E-state index contributed by atoms with van der Waals surface area (Å²) in [6, 6.07) is 16.9. The first-order valence-electron chi connectivity index (χ1n) is 12.4. The summed E-state index contributed by atoms with van der Waals surface area (Å²) in [6.45, 7) is 9.36. The van der Waals surface area contributed by atoms with Crippen molar-refractivity contribution in [3.63, 3.8) is 0 Å². The van der Waals surface area contributed by atoms with Crippen molar-refractivity contribution in [2.24, 2.45) is 0 Å². The summed E-state index contributed by atoms with van der Waals surface area (Å²) in [5, 5.41) is 2.97. The molecule has 0 saturated carbocycles. The maximum atomic E-state index is 13.7. The maximum Gasteiger partial charge on any atom is 0.259 e. The fraction of sp³-hybridized carbons (Fsp3) is 0.276. The molecule has 1 aliphatic heterocycles. The molecule has 1 aliphatic rings. The number of piperazine rings is 1. The van der Waals surface area contributed by atoms with Gasteiger partial charge in [-0.05, 0) is 67.1 Å². The lowest BCUT2D eigenvalue weighted by molar-refractivity contribution is -0.111. The van der Waals surface area contributed by atoms with Crippen LogP contribution in [0.1, 0.15) is 28.4 Å². The molecular weight excluding hydrogens is 530 g/mol. The molecule has 1 aromatic heterocycles. The summed E-state index contributed by atoms with van der Waals surface area (Å²) >= 11 is 3.48. The second-order valence-electron chi connectivity index (χ2n) is 9.05. The second-order valence-corrected chi connectivity index (χ2v) is 9.96. The zero-order valence-electron chi connectivity index (χ0n) is 21.2. The third-order valence-electron chi connectivity index (χ3n) is 6.47. The zero-order chi connectivity index (χ0) is 26.2. The van der Waals surface area contributed by atoms with E-state index in [0.717, 1.165) is 54.0 Å². The number of rotatable bonds is 8. The predicted molar refractivity (Wildman–Crippen MR) is 153 cm³/mol. The highest BCUT2D eigenvalue weighted by Gasteiger charge is 2.24. The minimum absolute atomic E-state index is 0.0863. The number of likely N-dealkylation sites (N-methyl/N-ethyl adjacent to an activating group) is 1. The fourth-order valence-electron chi connectivity index (χ4n) is 4.22. The van der Waals surface area contributed by atoms with Crippen LogP contribution in [0.25, 0.3) is 6.08 Å². The van der Waals surface area contributed by atoms with Gasteiger partial charge < -0.3 is 10.2 Å². The second kappa shape index (κ2) is 12.8. The molecule has 1 N–H and O–H groups in total. The van der Waals surface area contributed by atoms with Crippen molar-refractivity contribution in [2.45, 2.75) is 13.8 Å². The molecule has 192 valence electrons. The van der Waals surface area contributed by atoms with Crippen LogP contribution in [0.15, 0.2) is 77.5 Å². The fourth-order valence-corrected chi connectivity index (χ4v) is 4.62. The van der Waals surface area contributed by atoms with Crippen LogP contribution >= 0.6 is 15.9 Å². The Kier molecular flexibility index (Phi) is 9.22. The monoisotopic (exact) mass is 561 g/mol. The molecule has 1 fully saturated rings. The summed E-state index contributed by atoms with van der Waals surface area (Å²) in [5.74, 6) is -0.332. The summed E-state index contributed by atoms with van der Waals surface area (Å²) in [7, 11) is 0. The molecule has 8 heteroatoms. The zero-order valence-corrected chi connectivity index (χ0v) is 22.8. The highest BCUT2D eigenvalue weighted by molar-refractivity contribution is 9.10. The van der Waals surface area contributed by atoms with Gasteiger partial charge in [0.2, 0.25) is 5.91 Å². The third-order valence-corrected chi connectivity index (χ3v) is 6.97. The Labute approximate surface area is 226 Å². The van der Waals surface area contributed by atoms with Crippen molar-refractivity contribution < 1.29 is 9.59 Å². The predicted octanol–water partition coefficient (Wildman–Crippen LogP) is 5.05. The highest BCUT2D eigenvalue weighted by atomic mass is 79.9. The molecule has 2 heterocycles. The largest absolute Gasteiger partial charge is 0.322 e. The number of benzene rings is 2. The van der Waals surface area contributed by atoms with Crippen molar-refractivity contribution in [1.29, 1.82) is 0 Å². The average molecular weight is 563 g/mol. The molecule has 0 unspecified atom stereocenters. The number of pyridine rings is 1. The van der Waals surface area contributed by atoms with Gasteiger partial charge in [0.1, 0.15) is 0 Å². The van der Waals surface area contributed by atoms with Gasteiger partial charge in [-0.25, -0.2) is 0 Å². The van der Waals surface area contributed by atoms with Crippen molar-refractivity contribution in [3.8, 4) is 0 Å². The minimum Gasteiger partial charge on any atom is -0.322 e. The Hall–Kier alpha value is -3.33. The number of nitrogens with zero attached hydrogens (tertiary/aromatic N) is 4. The Morgan fingerprint density at radius 2 is 1.84 bits per heavy atom. The smallest absolute Gasteiger partial charge is 0.259 e. The van der Waals surface area contributed by atoms with E-state index in [1.807, 2.05) is 61.5 Å². The number of aromatic nitrogens is 1. The maximum absolute atomic E-state index is 13.7. The van der Waals surface area contributed by atoms with E-state index in [-0.39, 0.29) is 11.8 Å². The van der Waals surface area contributed by atoms with Gasteiger partial charge in [0.25, 0.3) is 5.91 Å². The first kappa shape index (κ1) is 26.7. The molecule has 2 aromatic carbocycles. The highest BCUT2D eigenvalue weighted by Crippen LogP contribution is 2.26. The summed E-state index contributed by atoms with van der Waals surface area (Å²) in [6.07, 6.45) is 6.60. The van der Waals surface area contributed by atoms with Gasteiger partial charge in [-0.2, -0.15) is 0 Å². The van der Waals surface area contributed by atoms with Crippen LogP contribution in [0.4, 0.5) is 11.4 Å². The standard InChI is InChI=1S/C29H32BrN5O2/c1-3-33-14-16-34(17-15-33)21-35(29(37)24-7-4-8-25(30)18-24)26-11-9-22(2)27(19-26)32-28(36)12-10-23-6-5-13-31-20-23/h4-13,18-20H,3,14-17,21H2,1-2H3,(H,32,36). The van der Waals surface area contributed by atoms with Gasteiger partial charge in [0, 0.05) is 66.1 Å². The molecule has 0 spiro atoms. The van der Waals surface area contributed by atoms with Crippen LogP contribution in [-0.4, -0.2) is 66.0 Å². The number of hydrogen-bond donors (Lipinski definition) is 1. The van der Waals surface area contributed by atoms with E-state index >= 15 is 0 Å². The molecule has 1 saturated heterocycles. The molecule has 0 aliphatic carbocycles. The van der Waals surface area contributed by atoms with E-state index in [0.29, 0.717) is 17.9 Å². The van der Waals surface area contributed by atoms with E-state index in [9.17, 15) is 9.59 Å². The molecule has 3 aromatic rings. The van der Waals surface area contributed by atoms with E-state index in [1.54, 1.807) is 23.4 Å². The van der Waals surface area contributed by atoms with Crippen LogP contribution in [0, 0.1) is 6.92 Å². The van der Waals surface area contributed by atoms with Gasteiger partial charge in [0.15, 0.2) is 0 Å². The third kappa shape index (κ3) is 7.35. The molecule has 7 nitrogen and oxygen atoms in total. The van der Waals surface area contributed by atoms with E-state index in [4.69, 9.17) is 0 Å². The molecule has 0 atom stereocenters. The number of carbonyl (C=O) groups is 2. The number of anilines is 2. The first-order valence-corrected chi connectivity index (χ1v) is 13.2. The Morgan fingerprint density at radius 1 is 1.05 bits per heavy atom. The number of amides is 2. The quantitative estimate of drug-likeness (QED) is 0.390. The summed E-state index contributed by atoms with van der Waals surface area (Å²) in [4.78, 5) is 37.0. The number of halogens is 1. The first-order chi connectivity index (χ1) is 17.9. The van der Waals surface area contributed by atoms with Gasteiger partial charge in [-0.15, -0.1) is 0 Å². The molecule has 0 radical (unpaired) electrons. The Morgan fingerprint density at radius 3 is 2.54 bits per heavy atom. The number of aryl methyl sites for hydroxylation is 1. The van der Waals surface area contributed by atoms with Crippen molar-refractivity contribution >= 4 is 45.2 Å². The van der Waals surface area contributed by atoms with E-state index in [1.165, 1.54) is 6.08 Å². The van der Waals surface area contributed by atoms with Gasteiger partial charge >= 0.3 is 0 Å². The Balaban J connectivity index is 1.57. The average Bonchev–Trinajstić information content (AvgIpc) is 2.92. The Bertz CT molecular complexity index is 1260. The van der Waals surface area contributed by atoms with Crippen LogP contribution in [0.3, 0.4) is 0 Å². The van der Waals surface area contributed by atoms with Crippen LogP contribution < -0.4 is 10.2 Å². The SMILES string of the molecule is CCN1CCN(CN(C(=O)c2cccc(Br)c2)c2ccc(C)c(NC(=O)C=Cc3cccnc3)c2)CC1. The topological polar surface area (TPSA) is 68.8 Å². The molecule has 0 bridgehead atoms. The van der Waals surface area contributed by atoms with Gasteiger partial charge in [0.05, 0.1) is 6.67 Å². The van der Waals surface area contributed by atoms with Gasteiger partial charge in [-0.1, -0.05) is 41.1 Å². The summed E-state index contributed by atoms with van der Waals surface area (Å²) in [5.41, 5.74) is 3.77. The molecule has 37 heavy (non-hydrogen) atoms. The minimum atomic E-state index is -0.246. The summed E-state index contributed by atoms with van der Waals surface area (Å²) < 4.78 is 0.854. The van der Waals surface area contributed by atoms with Crippen molar-refractivity contribution in [1.82, 2.24) is 14.8 Å². The van der Waals surface area contributed by atoms with Crippen molar-refractivity contribution in [3.05, 3.63) is 94.2 Å². The lowest BCUT2D eigenvalue weighted by atomic mass is 10.1. The van der Waals surface area contributed by atoms with Crippen molar-refractivity contribution in [2.75, 3.05) is 49.6 Å². The van der Waals surface area contributed by atoms with E-state index in [2.05, 4.69) is 43.0 Å². The number of nitrogens with one attached hydrogen (secondary N) is 1. The lowest BCUT2D eigenvalue weighted by Crippen LogP contribution is -2.51. The molecule has 4 rings (SSSR count). The van der Waals surface area contributed by atoms with Gasteiger partial charge in [-0.3, -0.25) is 24.4 Å². The lowest BCUT2D eigenvalue weighted by Gasteiger charge is -2.37. The van der Waals surface area contributed by atoms with Crippen LogP contribution in [-0.2, 0) is 4.79 Å². The van der Waals surface area contributed by atoms with E-state index < -0.39 is 0 Å². The molecular formula is C29H32BrN5O2. The van der Waals surface area contributed by atoms with Crippen LogP contribution in [0.5, 0.6) is 0 Å². The molecule has 2 amide bonds. The normalized spacial score (nSPS) is 14.6.